The van der Waals surface area contributed by atoms with Gasteiger partial charge < -0.3 is 14.6 Å². The maximum Gasteiger partial charge on any atom is 0.314 e. The van der Waals surface area contributed by atoms with Gasteiger partial charge in [0.15, 0.2) is 0 Å². The Morgan fingerprint density at radius 2 is 1.80 bits per heavy atom. The zero-order valence-corrected chi connectivity index (χ0v) is 23.4. The highest BCUT2D eigenvalue weighted by atomic mass is 16.6. The van der Waals surface area contributed by atoms with Crippen LogP contribution < -0.4 is 0 Å². The molecule has 1 N–H and O–H groups in total. The number of ether oxygens (including phenoxy) is 2. The van der Waals surface area contributed by atoms with Crippen LogP contribution in [0.2, 0.25) is 0 Å². The number of cyclic esters (lactones) is 1. The molecule has 196 valence electrons. The zero-order valence-electron chi connectivity index (χ0n) is 23.4. The summed E-state index contributed by atoms with van der Waals surface area (Å²) in [7, 11) is 1.78. The molecule has 1 saturated heterocycles. The Bertz CT molecular complexity index is 974. The fraction of sp³-hybridized carbons (Fsp3) is 0.839. The van der Waals surface area contributed by atoms with Gasteiger partial charge in [0.2, 0.25) is 0 Å². The van der Waals surface area contributed by atoms with Gasteiger partial charge in [-0.1, -0.05) is 39.8 Å². The average molecular weight is 485 g/mol. The molecule has 5 aliphatic rings. The first-order valence-corrected chi connectivity index (χ1v) is 14.1. The average Bonchev–Trinajstić information content (AvgIpc) is 3.20. The van der Waals surface area contributed by atoms with Crippen LogP contribution in [0.15, 0.2) is 23.3 Å². The van der Waals surface area contributed by atoms with Gasteiger partial charge in [-0.3, -0.25) is 4.79 Å². The van der Waals surface area contributed by atoms with Gasteiger partial charge in [0, 0.05) is 18.4 Å². The second-order valence-electron chi connectivity index (χ2n) is 14.5. The highest BCUT2D eigenvalue weighted by Gasteiger charge is 2.75. The van der Waals surface area contributed by atoms with E-state index < -0.39 is 11.0 Å². The van der Waals surface area contributed by atoms with Crippen molar-refractivity contribution in [1.29, 1.82) is 0 Å². The number of carbonyl (C=O) groups excluding carboxylic acids is 1. The van der Waals surface area contributed by atoms with Crippen LogP contribution in [-0.2, 0) is 14.3 Å². The number of hydrogen-bond acceptors (Lipinski definition) is 4. The largest absolute Gasteiger partial charge is 0.459 e. The molecule has 0 radical (unpaired) electrons. The molecule has 7 unspecified atom stereocenters. The Morgan fingerprint density at radius 1 is 1.09 bits per heavy atom. The lowest BCUT2D eigenvalue weighted by Gasteiger charge is -2.60. The summed E-state index contributed by atoms with van der Waals surface area (Å²) in [6, 6.07) is 0. The molecule has 0 aromatic heterocycles. The lowest BCUT2D eigenvalue weighted by Crippen LogP contribution is -2.54. The van der Waals surface area contributed by atoms with Crippen molar-refractivity contribution in [2.24, 2.45) is 33.5 Å². The van der Waals surface area contributed by atoms with E-state index in [4.69, 9.17) is 9.47 Å². The molecule has 3 fully saturated rings. The summed E-state index contributed by atoms with van der Waals surface area (Å²) in [6.07, 6.45) is 13.3. The molecule has 1 spiro atoms. The van der Waals surface area contributed by atoms with E-state index >= 15 is 0 Å². The number of aliphatic hydroxyl groups excluding tert-OH is 1. The normalized spacial score (nSPS) is 46.1. The lowest BCUT2D eigenvalue weighted by molar-refractivity contribution is -0.158. The van der Waals surface area contributed by atoms with Crippen molar-refractivity contribution in [3.05, 3.63) is 23.3 Å². The van der Waals surface area contributed by atoms with Crippen molar-refractivity contribution in [2.75, 3.05) is 7.11 Å². The first kappa shape index (κ1) is 25.5. The first-order chi connectivity index (χ1) is 16.2. The molecule has 4 nitrogen and oxygen atoms in total. The SMILES string of the molecule is COC(C)(C)CCCC1(C)OC(=O)C23CC=C4C(=CC(C)(C)C5CC(O)CCC45C)C2(C)CCC13. The summed E-state index contributed by atoms with van der Waals surface area (Å²) in [5, 5.41) is 10.5. The van der Waals surface area contributed by atoms with Crippen LogP contribution in [0.5, 0.6) is 0 Å². The molecule has 4 aliphatic carbocycles. The van der Waals surface area contributed by atoms with Gasteiger partial charge in [0.05, 0.1) is 17.1 Å². The highest BCUT2D eigenvalue weighted by molar-refractivity contribution is 5.84. The van der Waals surface area contributed by atoms with Gasteiger partial charge in [-0.25, -0.2) is 0 Å². The topological polar surface area (TPSA) is 55.8 Å². The Labute approximate surface area is 212 Å². The minimum atomic E-state index is -0.457. The van der Waals surface area contributed by atoms with Crippen molar-refractivity contribution in [3.63, 3.8) is 0 Å². The number of aliphatic hydroxyl groups is 1. The number of methoxy groups -OCH3 is 1. The van der Waals surface area contributed by atoms with Crippen LogP contribution in [0.4, 0.5) is 0 Å². The van der Waals surface area contributed by atoms with Gasteiger partial charge in [0.1, 0.15) is 5.60 Å². The maximum absolute atomic E-state index is 14.0. The van der Waals surface area contributed by atoms with Gasteiger partial charge >= 0.3 is 5.97 Å². The predicted molar refractivity (Wildman–Crippen MR) is 139 cm³/mol. The molecule has 2 saturated carbocycles. The Kier molecular flexibility index (Phi) is 5.61. The first-order valence-electron chi connectivity index (χ1n) is 14.1. The third kappa shape index (κ3) is 3.34. The predicted octanol–water partition coefficient (Wildman–Crippen LogP) is 6.76. The smallest absolute Gasteiger partial charge is 0.314 e. The monoisotopic (exact) mass is 484 g/mol. The molecule has 1 aliphatic heterocycles. The molecule has 35 heavy (non-hydrogen) atoms. The Morgan fingerprint density at radius 3 is 2.49 bits per heavy atom. The molecule has 1 heterocycles. The van der Waals surface area contributed by atoms with Crippen LogP contribution in [0.25, 0.3) is 0 Å². The number of carbonyl (C=O) groups is 1. The zero-order chi connectivity index (χ0) is 25.7. The minimum Gasteiger partial charge on any atom is -0.459 e. The van der Waals surface area contributed by atoms with E-state index in [1.54, 1.807) is 7.11 Å². The van der Waals surface area contributed by atoms with E-state index in [0.717, 1.165) is 57.8 Å². The summed E-state index contributed by atoms with van der Waals surface area (Å²) < 4.78 is 12.0. The fourth-order valence-electron chi connectivity index (χ4n) is 9.53. The van der Waals surface area contributed by atoms with Crippen LogP contribution in [0, 0.1) is 33.5 Å². The molecule has 0 aromatic rings. The van der Waals surface area contributed by atoms with E-state index in [9.17, 15) is 9.90 Å². The van der Waals surface area contributed by atoms with Crippen LogP contribution in [-0.4, -0.2) is 35.5 Å². The maximum atomic E-state index is 14.0. The number of fused-ring (bicyclic) bond motifs is 4. The Hall–Kier alpha value is -1.13. The van der Waals surface area contributed by atoms with Crippen molar-refractivity contribution in [1.82, 2.24) is 0 Å². The minimum absolute atomic E-state index is 0.0139. The molecule has 5 rings (SSSR count). The van der Waals surface area contributed by atoms with Gasteiger partial charge in [0.25, 0.3) is 0 Å². The van der Waals surface area contributed by atoms with Gasteiger partial charge in [-0.2, -0.15) is 0 Å². The summed E-state index contributed by atoms with van der Waals surface area (Å²) in [5.74, 6) is 0.712. The number of allylic oxidation sites excluding steroid dienone is 4. The van der Waals surface area contributed by atoms with E-state index in [-0.39, 0.29) is 39.8 Å². The van der Waals surface area contributed by atoms with Crippen molar-refractivity contribution in [3.8, 4) is 0 Å². The van der Waals surface area contributed by atoms with E-state index in [0.29, 0.717) is 5.92 Å². The molecular formula is C31H48O4. The van der Waals surface area contributed by atoms with Crippen LogP contribution >= 0.6 is 0 Å². The van der Waals surface area contributed by atoms with Crippen molar-refractivity contribution >= 4 is 5.97 Å². The molecule has 0 bridgehead atoms. The summed E-state index contributed by atoms with van der Waals surface area (Å²) >= 11 is 0. The lowest BCUT2D eigenvalue weighted by atomic mass is 9.43. The fourth-order valence-corrected chi connectivity index (χ4v) is 9.53. The second-order valence-corrected chi connectivity index (χ2v) is 14.5. The third-order valence-corrected chi connectivity index (χ3v) is 11.8. The highest BCUT2D eigenvalue weighted by Crippen LogP contribution is 2.75. The van der Waals surface area contributed by atoms with E-state index in [1.165, 1.54) is 11.1 Å². The quantitative estimate of drug-likeness (QED) is 0.438. The van der Waals surface area contributed by atoms with E-state index in [2.05, 4.69) is 60.6 Å². The van der Waals surface area contributed by atoms with E-state index in [1.807, 2.05) is 0 Å². The standard InChI is InChI=1S/C31H48O4/c1-26(2)19-22-21(28(5)15-10-20(32)18-24(26)28)11-17-31-23(12-16-29(22,31)6)30(7,35-25(31)33)14-9-13-27(3,4)34-8/h11,19-20,23-24,32H,9-10,12-18H2,1-8H3. The van der Waals surface area contributed by atoms with Crippen molar-refractivity contribution in [2.45, 2.75) is 124 Å². The molecule has 0 aromatic carbocycles. The molecular weight excluding hydrogens is 436 g/mol. The summed E-state index contributed by atoms with van der Waals surface area (Å²) in [5.41, 5.74) is 1.74. The molecule has 7 atom stereocenters. The van der Waals surface area contributed by atoms with Crippen LogP contribution in [0.3, 0.4) is 0 Å². The summed E-state index contributed by atoms with van der Waals surface area (Å²) in [4.78, 5) is 14.0. The second kappa shape index (κ2) is 7.69. The van der Waals surface area contributed by atoms with Gasteiger partial charge in [-0.15, -0.1) is 0 Å². The molecule has 0 amide bonds. The van der Waals surface area contributed by atoms with Crippen molar-refractivity contribution < 1.29 is 19.4 Å². The third-order valence-electron chi connectivity index (χ3n) is 11.8. The number of esters is 1. The van der Waals surface area contributed by atoms with Crippen LogP contribution in [0.1, 0.15) is 106 Å². The Balaban J connectivity index is 1.52. The molecule has 4 heteroatoms. The number of hydrogen-bond donors (Lipinski definition) is 1. The summed E-state index contributed by atoms with van der Waals surface area (Å²) in [6.45, 7) is 16.0. The number of rotatable bonds is 5. The van der Waals surface area contributed by atoms with Gasteiger partial charge in [-0.05, 0) is 106 Å².